The first-order chi connectivity index (χ1) is 16.1. The minimum atomic E-state index is -0.325. The van der Waals surface area contributed by atoms with Crippen molar-refractivity contribution < 1.29 is 4.92 Å². The van der Waals surface area contributed by atoms with Crippen LogP contribution in [0.25, 0.3) is 60.0 Å². The molecule has 0 aliphatic rings. The molecule has 33 heavy (non-hydrogen) atoms. The van der Waals surface area contributed by atoms with Crippen molar-refractivity contribution in [1.29, 1.82) is 0 Å². The van der Waals surface area contributed by atoms with Crippen LogP contribution in [0.4, 0.5) is 5.69 Å². The van der Waals surface area contributed by atoms with E-state index in [1.807, 2.05) is 12.1 Å². The van der Waals surface area contributed by atoms with Crippen LogP contribution in [0.3, 0.4) is 0 Å². The van der Waals surface area contributed by atoms with Gasteiger partial charge in [-0.1, -0.05) is 64.5 Å². The van der Waals surface area contributed by atoms with Crippen molar-refractivity contribution in [2.24, 2.45) is 0 Å². The zero-order chi connectivity index (χ0) is 22.3. The smallest absolute Gasteiger partial charge is 0.277 e. The number of fused-ring (bicyclic) bond motifs is 7. The van der Waals surface area contributed by atoms with Gasteiger partial charge in [-0.25, -0.2) is 0 Å². The molecule has 0 N–H and O–H groups in total. The van der Waals surface area contributed by atoms with Gasteiger partial charge in [-0.3, -0.25) is 10.1 Å². The molecule has 5 heteroatoms. The van der Waals surface area contributed by atoms with E-state index in [0.29, 0.717) is 5.56 Å². The quantitative estimate of drug-likeness (QED) is 0.180. The van der Waals surface area contributed by atoms with E-state index in [9.17, 15) is 10.1 Å². The van der Waals surface area contributed by atoms with Crippen LogP contribution in [0.2, 0.25) is 0 Å². The molecule has 7 rings (SSSR count). The van der Waals surface area contributed by atoms with Crippen LogP contribution >= 0.6 is 15.9 Å². The highest BCUT2D eigenvalue weighted by molar-refractivity contribution is 9.10. The van der Waals surface area contributed by atoms with Crippen molar-refractivity contribution in [2.45, 2.75) is 0 Å². The summed E-state index contributed by atoms with van der Waals surface area (Å²) in [5.41, 5.74) is 5.12. The summed E-state index contributed by atoms with van der Waals surface area (Å²) in [6.45, 7) is 0. The second-order valence-corrected chi connectivity index (χ2v) is 9.32. The fourth-order valence-electron chi connectivity index (χ4n) is 5.24. The third-order valence-electron chi connectivity index (χ3n) is 6.65. The minimum absolute atomic E-state index is 0.101. The van der Waals surface area contributed by atoms with Gasteiger partial charge in [0.05, 0.1) is 27.0 Å². The van der Waals surface area contributed by atoms with Gasteiger partial charge in [-0.2, -0.15) is 0 Å². The van der Waals surface area contributed by atoms with E-state index in [0.717, 1.165) is 26.3 Å². The fraction of sp³-hybridized carbons (Fsp3) is 0. The van der Waals surface area contributed by atoms with Gasteiger partial charge >= 0.3 is 0 Å². The number of para-hydroxylation sites is 2. The molecule has 5 aromatic carbocycles. The second-order valence-electron chi connectivity index (χ2n) is 8.40. The van der Waals surface area contributed by atoms with E-state index in [4.69, 9.17) is 0 Å². The molecule has 0 atom stereocenters. The Balaban J connectivity index is 1.59. The largest absolute Gasteiger partial charge is 0.308 e. The molecule has 0 bridgehead atoms. The predicted molar refractivity (Wildman–Crippen MR) is 138 cm³/mol. The highest BCUT2D eigenvalue weighted by Crippen LogP contribution is 2.41. The maximum Gasteiger partial charge on any atom is 0.277 e. The molecule has 156 valence electrons. The van der Waals surface area contributed by atoms with E-state index in [1.54, 1.807) is 12.1 Å². The van der Waals surface area contributed by atoms with Crippen molar-refractivity contribution in [3.63, 3.8) is 0 Å². The molecule has 0 radical (unpaired) electrons. The van der Waals surface area contributed by atoms with E-state index in [2.05, 4.69) is 87.1 Å². The molecule has 2 aromatic heterocycles. The number of rotatable bonds is 2. The Morgan fingerprint density at radius 2 is 1.48 bits per heavy atom. The fourth-order valence-corrected chi connectivity index (χ4v) is 5.60. The maximum absolute atomic E-state index is 11.6. The lowest BCUT2D eigenvalue weighted by Gasteiger charge is -2.07. The standard InChI is InChI=1S/C28H15BrN2O2/c29-19-10-11-26(31(32)33)23(15-19)17-9-8-16-13-24-22-6-3-5-21-20-4-1-2-7-25(20)30(28(21)22)27(24)14-18(16)12-17/h1-15H. The molecule has 0 saturated heterocycles. The number of aromatic nitrogens is 1. The number of hydrogen-bond acceptors (Lipinski definition) is 2. The Morgan fingerprint density at radius 1 is 0.697 bits per heavy atom. The first-order valence-corrected chi connectivity index (χ1v) is 11.4. The highest BCUT2D eigenvalue weighted by atomic mass is 79.9. The number of benzene rings is 5. The van der Waals surface area contributed by atoms with Gasteiger partial charge in [0, 0.05) is 32.1 Å². The lowest BCUT2D eigenvalue weighted by molar-refractivity contribution is -0.384. The van der Waals surface area contributed by atoms with Crippen LogP contribution in [0, 0.1) is 10.1 Å². The van der Waals surface area contributed by atoms with Gasteiger partial charge in [-0.15, -0.1) is 0 Å². The zero-order valence-electron chi connectivity index (χ0n) is 17.2. The number of hydrogen-bond donors (Lipinski definition) is 0. The molecule has 0 spiro atoms. The van der Waals surface area contributed by atoms with Crippen LogP contribution in [-0.4, -0.2) is 9.32 Å². The summed E-state index contributed by atoms with van der Waals surface area (Å²) < 4.78 is 3.16. The van der Waals surface area contributed by atoms with E-state index in [-0.39, 0.29) is 10.6 Å². The summed E-state index contributed by atoms with van der Waals surface area (Å²) in [5, 5.41) is 18.8. The van der Waals surface area contributed by atoms with E-state index < -0.39 is 0 Å². The van der Waals surface area contributed by atoms with E-state index >= 15 is 0 Å². The molecule has 4 nitrogen and oxygen atoms in total. The van der Waals surface area contributed by atoms with Crippen molar-refractivity contribution in [2.75, 3.05) is 0 Å². The van der Waals surface area contributed by atoms with E-state index in [1.165, 1.54) is 32.6 Å². The Labute approximate surface area is 196 Å². The first-order valence-electron chi connectivity index (χ1n) is 10.7. The maximum atomic E-state index is 11.6. The van der Waals surface area contributed by atoms with Crippen molar-refractivity contribution in [1.82, 2.24) is 4.40 Å². The number of nitro groups is 1. The van der Waals surface area contributed by atoms with Crippen molar-refractivity contribution in [3.8, 4) is 11.1 Å². The normalized spacial score (nSPS) is 12.0. The lowest BCUT2D eigenvalue weighted by Crippen LogP contribution is -1.92. The van der Waals surface area contributed by atoms with Crippen molar-refractivity contribution >= 4 is 70.5 Å². The zero-order valence-corrected chi connectivity index (χ0v) is 18.8. The van der Waals surface area contributed by atoms with Gasteiger partial charge in [0.2, 0.25) is 0 Å². The Hall–Kier alpha value is -3.96. The molecule has 0 amide bonds. The van der Waals surface area contributed by atoms with Crippen molar-refractivity contribution in [3.05, 3.63) is 106 Å². The molecule has 0 aliphatic heterocycles. The highest BCUT2D eigenvalue weighted by Gasteiger charge is 2.19. The summed E-state index contributed by atoms with van der Waals surface area (Å²) in [7, 11) is 0. The lowest BCUT2D eigenvalue weighted by atomic mass is 9.98. The summed E-state index contributed by atoms with van der Waals surface area (Å²) in [6.07, 6.45) is 0. The minimum Gasteiger partial charge on any atom is -0.308 e. The van der Waals surface area contributed by atoms with Gasteiger partial charge in [0.1, 0.15) is 0 Å². The molecule has 0 aliphatic carbocycles. The third-order valence-corrected chi connectivity index (χ3v) is 7.14. The monoisotopic (exact) mass is 490 g/mol. The predicted octanol–water partition coefficient (Wildman–Crippen LogP) is 8.33. The Kier molecular flexibility index (Phi) is 3.68. The molecule has 2 heterocycles. The van der Waals surface area contributed by atoms with Gasteiger partial charge in [0.15, 0.2) is 0 Å². The third kappa shape index (κ3) is 2.51. The van der Waals surface area contributed by atoms with Crippen LogP contribution in [-0.2, 0) is 0 Å². The first kappa shape index (κ1) is 18.6. The van der Waals surface area contributed by atoms with Crippen LogP contribution < -0.4 is 0 Å². The second kappa shape index (κ2) is 6.53. The summed E-state index contributed by atoms with van der Waals surface area (Å²) >= 11 is 3.46. The van der Waals surface area contributed by atoms with Crippen LogP contribution in [0.5, 0.6) is 0 Å². The molecule has 7 aromatic rings. The average molecular weight is 491 g/mol. The molecular weight excluding hydrogens is 476 g/mol. The average Bonchev–Trinajstić information content (AvgIpc) is 3.34. The Bertz CT molecular complexity index is 1920. The SMILES string of the molecule is O=[N+]([O-])c1ccc(Br)cc1-c1ccc2cc3c4cccc5c6ccccc6n(c3cc2c1)c54. The number of nitro benzene ring substituents is 1. The van der Waals surface area contributed by atoms with Crippen LogP contribution in [0.15, 0.2) is 95.5 Å². The molecule has 0 fully saturated rings. The molecule has 0 unspecified atom stereocenters. The van der Waals surface area contributed by atoms with Crippen LogP contribution in [0.1, 0.15) is 0 Å². The molecular formula is C28H15BrN2O2. The number of halogens is 1. The molecule has 0 saturated carbocycles. The summed E-state index contributed by atoms with van der Waals surface area (Å²) in [5.74, 6) is 0. The summed E-state index contributed by atoms with van der Waals surface area (Å²) in [4.78, 5) is 11.3. The van der Waals surface area contributed by atoms with Gasteiger partial charge in [0.25, 0.3) is 5.69 Å². The Morgan fingerprint density at radius 3 is 2.33 bits per heavy atom. The summed E-state index contributed by atoms with van der Waals surface area (Å²) in [6, 6.07) is 30.6. The van der Waals surface area contributed by atoms with Gasteiger partial charge < -0.3 is 4.40 Å². The number of nitrogens with zero attached hydrogens (tertiary/aromatic N) is 2. The van der Waals surface area contributed by atoms with Gasteiger partial charge in [-0.05, 0) is 52.7 Å². The topological polar surface area (TPSA) is 47.5 Å².